The van der Waals surface area contributed by atoms with Gasteiger partial charge in [-0.1, -0.05) is 0 Å². The van der Waals surface area contributed by atoms with Gasteiger partial charge in [-0.3, -0.25) is 9.48 Å². The number of nitrogens with zero attached hydrogens (tertiary/aromatic N) is 5. The highest BCUT2D eigenvalue weighted by Crippen LogP contribution is 1.99. The van der Waals surface area contributed by atoms with Gasteiger partial charge in [0.05, 0.1) is 11.9 Å². The number of hydrogen-bond acceptors (Lipinski definition) is 6. The third kappa shape index (κ3) is 3.38. The van der Waals surface area contributed by atoms with E-state index < -0.39 is 0 Å². The average Bonchev–Trinajstić information content (AvgIpc) is 2.79. The maximum atomic E-state index is 11.9. The van der Waals surface area contributed by atoms with E-state index in [1.165, 1.54) is 17.1 Å². The molecule has 0 fully saturated rings. The Morgan fingerprint density at radius 2 is 2.16 bits per heavy atom. The molecule has 0 atom stereocenters. The van der Waals surface area contributed by atoms with Crippen molar-refractivity contribution in [1.29, 1.82) is 0 Å². The molecule has 2 heterocycles. The molecule has 0 amide bonds. The van der Waals surface area contributed by atoms with Gasteiger partial charge in [-0.25, -0.2) is 9.67 Å². The fourth-order valence-corrected chi connectivity index (χ4v) is 1.58. The summed E-state index contributed by atoms with van der Waals surface area (Å²) in [6.45, 7) is 1.87. The molecule has 102 valence electrons. The van der Waals surface area contributed by atoms with E-state index in [0.717, 1.165) is 18.8 Å². The zero-order valence-electron chi connectivity index (χ0n) is 11.0. The first-order chi connectivity index (χ1) is 9.20. The predicted molar refractivity (Wildman–Crippen MR) is 71.0 cm³/mol. The van der Waals surface area contributed by atoms with Crippen LogP contribution in [0.3, 0.4) is 0 Å². The maximum Gasteiger partial charge on any atom is 0.269 e. The van der Waals surface area contributed by atoms with E-state index in [1.54, 1.807) is 17.9 Å². The second kappa shape index (κ2) is 6.10. The molecule has 2 N–H and O–H groups in total. The van der Waals surface area contributed by atoms with E-state index in [9.17, 15) is 4.79 Å². The molecule has 0 unspecified atom stereocenters. The molecule has 2 aromatic rings. The third-order valence-corrected chi connectivity index (χ3v) is 2.67. The monoisotopic (exact) mass is 263 g/mol. The molecule has 0 aliphatic heterocycles. The van der Waals surface area contributed by atoms with Crippen LogP contribution < -0.4 is 16.2 Å². The van der Waals surface area contributed by atoms with Gasteiger partial charge in [0.25, 0.3) is 5.56 Å². The zero-order chi connectivity index (χ0) is 13.7. The highest BCUT2D eigenvalue weighted by molar-refractivity contribution is 5.38. The molecule has 0 spiro atoms. The summed E-state index contributed by atoms with van der Waals surface area (Å²) < 4.78 is 2.97. The van der Waals surface area contributed by atoms with E-state index in [-0.39, 0.29) is 5.56 Å². The number of aryl methyl sites for hydroxylation is 1. The third-order valence-electron chi connectivity index (χ3n) is 2.67. The van der Waals surface area contributed by atoms with Crippen LogP contribution in [0, 0.1) is 0 Å². The number of rotatable bonds is 6. The van der Waals surface area contributed by atoms with Crippen LogP contribution in [0.1, 0.15) is 5.82 Å². The Kier molecular flexibility index (Phi) is 4.24. The lowest BCUT2D eigenvalue weighted by molar-refractivity contribution is 0.581. The Morgan fingerprint density at radius 1 is 1.32 bits per heavy atom. The number of aromatic nitrogens is 5. The summed E-state index contributed by atoms with van der Waals surface area (Å²) in [6.07, 6.45) is 3.08. The van der Waals surface area contributed by atoms with E-state index in [0.29, 0.717) is 12.4 Å². The van der Waals surface area contributed by atoms with Crippen LogP contribution in [-0.2, 0) is 13.6 Å². The molecule has 0 bridgehead atoms. The molecule has 0 aliphatic carbocycles. The Hall–Kier alpha value is -2.22. The smallest absolute Gasteiger partial charge is 0.269 e. The number of nitrogens with one attached hydrogen (secondary N) is 2. The first-order valence-corrected chi connectivity index (χ1v) is 5.99. The summed E-state index contributed by atoms with van der Waals surface area (Å²) in [7, 11) is 3.65. The lowest BCUT2D eigenvalue weighted by Crippen LogP contribution is -2.25. The summed E-state index contributed by atoms with van der Waals surface area (Å²) in [5, 5.41) is 14.2. The van der Waals surface area contributed by atoms with Crippen molar-refractivity contribution in [2.45, 2.75) is 6.54 Å². The fourth-order valence-electron chi connectivity index (χ4n) is 1.58. The van der Waals surface area contributed by atoms with Crippen LogP contribution in [0.4, 0.5) is 5.69 Å². The fraction of sp³-hybridized carbons (Fsp3) is 0.455. The summed E-state index contributed by atoms with van der Waals surface area (Å²) in [5.41, 5.74) is 0.548. The van der Waals surface area contributed by atoms with Crippen molar-refractivity contribution in [2.75, 3.05) is 25.5 Å². The number of likely N-dealkylation sites (N-methyl/N-ethyl adjacent to an activating group) is 1. The van der Waals surface area contributed by atoms with Gasteiger partial charge in [-0.05, 0) is 7.05 Å². The lowest BCUT2D eigenvalue weighted by Gasteiger charge is -2.07. The first-order valence-electron chi connectivity index (χ1n) is 5.99. The first kappa shape index (κ1) is 13.2. The molecule has 0 radical (unpaired) electrons. The Bertz CT molecular complexity index is 589. The second-order valence-corrected chi connectivity index (χ2v) is 4.07. The van der Waals surface area contributed by atoms with E-state index >= 15 is 0 Å². The van der Waals surface area contributed by atoms with Crippen molar-refractivity contribution >= 4 is 5.69 Å². The van der Waals surface area contributed by atoms with Crippen LogP contribution in [0.25, 0.3) is 0 Å². The minimum atomic E-state index is -0.169. The average molecular weight is 263 g/mol. The Balaban J connectivity index is 2.07. The van der Waals surface area contributed by atoms with Crippen molar-refractivity contribution < 1.29 is 0 Å². The predicted octanol–water partition coefficient (Wildman–Crippen LogP) is -0.949. The molecule has 19 heavy (non-hydrogen) atoms. The van der Waals surface area contributed by atoms with Gasteiger partial charge in [0.1, 0.15) is 18.7 Å². The number of anilines is 1. The molecule has 0 saturated carbocycles. The largest absolute Gasteiger partial charge is 0.382 e. The molecule has 8 heteroatoms. The molecular weight excluding hydrogens is 246 g/mol. The van der Waals surface area contributed by atoms with Gasteiger partial charge in [-0.15, -0.1) is 0 Å². The van der Waals surface area contributed by atoms with E-state index in [1.807, 2.05) is 7.05 Å². The van der Waals surface area contributed by atoms with Crippen molar-refractivity contribution in [2.24, 2.45) is 7.05 Å². The van der Waals surface area contributed by atoms with Gasteiger partial charge >= 0.3 is 0 Å². The molecular formula is C11H17N7O. The van der Waals surface area contributed by atoms with Crippen LogP contribution >= 0.6 is 0 Å². The van der Waals surface area contributed by atoms with Crippen molar-refractivity contribution in [3.8, 4) is 0 Å². The van der Waals surface area contributed by atoms with Gasteiger partial charge in [0, 0.05) is 26.2 Å². The summed E-state index contributed by atoms with van der Waals surface area (Å²) in [4.78, 5) is 16.0. The SMILES string of the molecule is CNCCNc1cnn(Cc2ncnn2C)c(=O)c1. The van der Waals surface area contributed by atoms with E-state index in [4.69, 9.17) is 0 Å². The van der Waals surface area contributed by atoms with E-state index in [2.05, 4.69) is 25.8 Å². The molecule has 0 saturated heterocycles. The minimum Gasteiger partial charge on any atom is -0.382 e. The number of hydrogen-bond donors (Lipinski definition) is 2. The van der Waals surface area contributed by atoms with Crippen LogP contribution in [0.15, 0.2) is 23.4 Å². The van der Waals surface area contributed by atoms with Crippen LogP contribution in [-0.4, -0.2) is 44.7 Å². The van der Waals surface area contributed by atoms with Gasteiger partial charge in [-0.2, -0.15) is 10.2 Å². The summed E-state index contributed by atoms with van der Waals surface area (Å²) in [5.74, 6) is 0.686. The highest BCUT2D eigenvalue weighted by Gasteiger charge is 2.05. The van der Waals surface area contributed by atoms with Crippen molar-refractivity contribution in [3.63, 3.8) is 0 Å². The van der Waals surface area contributed by atoms with Gasteiger partial charge in [0.2, 0.25) is 0 Å². The topological polar surface area (TPSA) is 89.7 Å². The lowest BCUT2D eigenvalue weighted by atomic mass is 10.4. The normalized spacial score (nSPS) is 10.6. The molecule has 0 aliphatic rings. The highest BCUT2D eigenvalue weighted by atomic mass is 16.1. The zero-order valence-corrected chi connectivity index (χ0v) is 11.0. The maximum absolute atomic E-state index is 11.9. The van der Waals surface area contributed by atoms with Crippen LogP contribution in [0.2, 0.25) is 0 Å². The Labute approximate surface area is 110 Å². The quantitative estimate of drug-likeness (QED) is 0.653. The molecule has 0 aromatic carbocycles. The molecule has 8 nitrogen and oxygen atoms in total. The van der Waals surface area contributed by atoms with Gasteiger partial charge in [0.15, 0.2) is 0 Å². The Morgan fingerprint density at radius 3 is 2.79 bits per heavy atom. The summed E-state index contributed by atoms with van der Waals surface area (Å²) >= 11 is 0. The second-order valence-electron chi connectivity index (χ2n) is 4.07. The van der Waals surface area contributed by atoms with Crippen LogP contribution in [0.5, 0.6) is 0 Å². The standard InChI is InChI=1S/C11H17N7O/c1-12-3-4-13-9-5-11(19)18(15-6-9)7-10-14-8-16-17(10)2/h5-6,8,12-13H,3-4,7H2,1-2H3. The molecule has 2 rings (SSSR count). The minimum absolute atomic E-state index is 0.169. The van der Waals surface area contributed by atoms with Gasteiger partial charge < -0.3 is 10.6 Å². The molecule has 2 aromatic heterocycles. The van der Waals surface area contributed by atoms with Crippen molar-refractivity contribution in [1.82, 2.24) is 29.9 Å². The summed E-state index contributed by atoms with van der Waals surface area (Å²) in [6, 6.07) is 1.53. The van der Waals surface area contributed by atoms with Crippen molar-refractivity contribution in [3.05, 3.63) is 34.8 Å².